The van der Waals surface area contributed by atoms with Crippen LogP contribution in [0.4, 0.5) is 0 Å². The van der Waals surface area contributed by atoms with Gasteiger partial charge in [0.15, 0.2) is 17.3 Å². The number of aromatic nitrogens is 2. The average Bonchev–Trinajstić information content (AvgIpc) is 2.92. The summed E-state index contributed by atoms with van der Waals surface area (Å²) in [5.41, 5.74) is 1.10. The molecule has 0 saturated carbocycles. The van der Waals surface area contributed by atoms with Crippen LogP contribution in [0.2, 0.25) is 0 Å². The third-order valence-electron chi connectivity index (χ3n) is 2.68. The van der Waals surface area contributed by atoms with Crippen molar-refractivity contribution in [2.75, 3.05) is 13.2 Å². The van der Waals surface area contributed by atoms with Crippen molar-refractivity contribution in [1.29, 1.82) is 0 Å². The Balaban J connectivity index is 1.66. The third kappa shape index (κ3) is 2.87. The molecule has 0 atom stereocenters. The number of nitrogens with zero attached hydrogens (tertiary/aromatic N) is 2. The van der Waals surface area contributed by atoms with Crippen LogP contribution in [0.15, 0.2) is 27.5 Å². The molecule has 1 aromatic carbocycles. The Hall–Kier alpha value is -1.60. The van der Waals surface area contributed by atoms with E-state index in [9.17, 15) is 0 Å². The van der Waals surface area contributed by atoms with Gasteiger partial charge in [-0.15, -0.1) is 0 Å². The van der Waals surface area contributed by atoms with Gasteiger partial charge in [0.2, 0.25) is 6.39 Å². The molecule has 0 radical (unpaired) electrons. The Kier molecular flexibility index (Phi) is 3.65. The largest absolute Gasteiger partial charge is 0.486 e. The normalized spacial score (nSPS) is 13.5. The Morgan fingerprint density at radius 3 is 2.95 bits per heavy atom. The summed E-state index contributed by atoms with van der Waals surface area (Å²) in [5.74, 6) is 2.18. The van der Waals surface area contributed by atoms with Crippen LogP contribution in [-0.2, 0) is 13.1 Å². The van der Waals surface area contributed by atoms with Gasteiger partial charge in [0.1, 0.15) is 13.2 Å². The minimum Gasteiger partial charge on any atom is -0.486 e. The van der Waals surface area contributed by atoms with E-state index >= 15 is 0 Å². The first-order valence-electron chi connectivity index (χ1n) is 5.87. The first kappa shape index (κ1) is 12.4. The number of hydrogen-bond acceptors (Lipinski definition) is 6. The zero-order valence-electron chi connectivity index (χ0n) is 10.1. The second-order valence-corrected chi connectivity index (χ2v) is 4.91. The van der Waals surface area contributed by atoms with Crippen molar-refractivity contribution >= 4 is 15.9 Å². The van der Waals surface area contributed by atoms with Crippen LogP contribution in [-0.4, -0.2) is 23.4 Å². The van der Waals surface area contributed by atoms with Gasteiger partial charge >= 0.3 is 0 Å². The maximum absolute atomic E-state index is 5.57. The lowest BCUT2D eigenvalue weighted by Gasteiger charge is -2.20. The molecule has 2 aromatic rings. The summed E-state index contributed by atoms with van der Waals surface area (Å²) in [6, 6.07) is 3.99. The van der Waals surface area contributed by atoms with Crippen molar-refractivity contribution in [2.24, 2.45) is 0 Å². The fourth-order valence-electron chi connectivity index (χ4n) is 1.86. The molecule has 0 bridgehead atoms. The summed E-state index contributed by atoms with van der Waals surface area (Å²) in [4.78, 5) is 3.94. The van der Waals surface area contributed by atoms with E-state index in [-0.39, 0.29) is 0 Å². The van der Waals surface area contributed by atoms with Crippen LogP contribution in [0.1, 0.15) is 11.4 Å². The minimum absolute atomic E-state index is 0.558. The molecule has 1 aliphatic rings. The zero-order valence-corrected chi connectivity index (χ0v) is 11.6. The van der Waals surface area contributed by atoms with E-state index in [1.165, 1.54) is 6.39 Å². The molecule has 6 nitrogen and oxygen atoms in total. The molecule has 100 valence electrons. The highest BCUT2D eigenvalue weighted by Crippen LogP contribution is 2.38. The molecule has 0 unspecified atom stereocenters. The molecule has 19 heavy (non-hydrogen) atoms. The second kappa shape index (κ2) is 5.58. The van der Waals surface area contributed by atoms with Crippen LogP contribution in [0.3, 0.4) is 0 Å². The lowest BCUT2D eigenvalue weighted by atomic mass is 10.2. The molecule has 2 heterocycles. The number of rotatable bonds is 4. The van der Waals surface area contributed by atoms with Crippen molar-refractivity contribution in [3.63, 3.8) is 0 Å². The topological polar surface area (TPSA) is 69.4 Å². The Labute approximate surface area is 118 Å². The quantitative estimate of drug-likeness (QED) is 0.925. The van der Waals surface area contributed by atoms with E-state index < -0.39 is 0 Å². The summed E-state index contributed by atoms with van der Waals surface area (Å²) >= 11 is 3.49. The number of fused-ring (bicyclic) bond motifs is 1. The lowest BCUT2D eigenvalue weighted by molar-refractivity contribution is 0.170. The van der Waals surface area contributed by atoms with E-state index in [4.69, 9.17) is 9.47 Å². The molecule has 0 spiro atoms. The molecular weight excluding hydrogens is 314 g/mol. The fraction of sp³-hybridized carbons (Fsp3) is 0.333. The molecule has 7 heteroatoms. The molecule has 1 aromatic heterocycles. The minimum atomic E-state index is 0.558. The van der Waals surface area contributed by atoms with Gasteiger partial charge in [0.25, 0.3) is 0 Å². The highest BCUT2D eigenvalue weighted by atomic mass is 79.9. The maximum Gasteiger partial charge on any atom is 0.213 e. The van der Waals surface area contributed by atoms with Gasteiger partial charge in [0.05, 0.1) is 11.0 Å². The first-order valence-corrected chi connectivity index (χ1v) is 6.66. The van der Waals surface area contributed by atoms with Crippen LogP contribution in [0.5, 0.6) is 11.5 Å². The fourth-order valence-corrected chi connectivity index (χ4v) is 2.46. The molecule has 0 fully saturated rings. The van der Waals surface area contributed by atoms with E-state index in [2.05, 4.69) is 35.9 Å². The van der Waals surface area contributed by atoms with Gasteiger partial charge in [-0.1, -0.05) is 5.16 Å². The van der Waals surface area contributed by atoms with Gasteiger partial charge in [-0.05, 0) is 33.6 Å². The van der Waals surface area contributed by atoms with Gasteiger partial charge in [0, 0.05) is 6.54 Å². The lowest BCUT2D eigenvalue weighted by Crippen LogP contribution is -2.17. The van der Waals surface area contributed by atoms with Crippen LogP contribution in [0.25, 0.3) is 0 Å². The van der Waals surface area contributed by atoms with Gasteiger partial charge in [-0.2, -0.15) is 4.98 Å². The predicted molar refractivity (Wildman–Crippen MR) is 70.0 cm³/mol. The van der Waals surface area contributed by atoms with Gasteiger partial charge in [-0.25, -0.2) is 0 Å². The number of halogens is 1. The van der Waals surface area contributed by atoms with E-state index in [1.807, 2.05) is 12.1 Å². The summed E-state index contributed by atoms with van der Waals surface area (Å²) in [6.45, 7) is 2.41. The summed E-state index contributed by atoms with van der Waals surface area (Å²) < 4.78 is 16.7. The number of benzene rings is 1. The zero-order chi connectivity index (χ0) is 13.1. The SMILES string of the molecule is Brc1cc(CNCc2ncon2)cc2c1OCCO2. The highest BCUT2D eigenvalue weighted by Gasteiger charge is 2.16. The Morgan fingerprint density at radius 2 is 2.11 bits per heavy atom. The number of hydrogen-bond donors (Lipinski definition) is 1. The average molecular weight is 326 g/mol. The summed E-state index contributed by atoms with van der Waals surface area (Å²) in [7, 11) is 0. The summed E-state index contributed by atoms with van der Waals surface area (Å²) in [6.07, 6.45) is 1.32. The molecule has 1 N–H and O–H groups in total. The number of nitrogens with one attached hydrogen (secondary N) is 1. The van der Waals surface area contributed by atoms with E-state index in [0.717, 1.165) is 21.5 Å². The van der Waals surface area contributed by atoms with E-state index in [1.54, 1.807) is 0 Å². The summed E-state index contributed by atoms with van der Waals surface area (Å²) in [5, 5.41) is 6.97. The van der Waals surface area contributed by atoms with E-state index in [0.29, 0.717) is 32.1 Å². The van der Waals surface area contributed by atoms with Crippen molar-refractivity contribution in [3.05, 3.63) is 34.4 Å². The Morgan fingerprint density at radius 1 is 1.21 bits per heavy atom. The van der Waals surface area contributed by atoms with Crippen LogP contribution >= 0.6 is 15.9 Å². The smallest absolute Gasteiger partial charge is 0.213 e. The van der Waals surface area contributed by atoms with Crippen molar-refractivity contribution in [3.8, 4) is 11.5 Å². The molecule has 1 aliphatic heterocycles. The van der Waals surface area contributed by atoms with Crippen LogP contribution in [0, 0.1) is 0 Å². The third-order valence-corrected chi connectivity index (χ3v) is 3.26. The Bertz CT molecular complexity index is 560. The van der Waals surface area contributed by atoms with Crippen molar-refractivity contribution in [2.45, 2.75) is 13.1 Å². The maximum atomic E-state index is 5.57. The predicted octanol–water partition coefficient (Wildman–Crippen LogP) is 1.89. The molecule has 0 amide bonds. The first-order chi connectivity index (χ1) is 9.33. The van der Waals surface area contributed by atoms with Crippen LogP contribution < -0.4 is 14.8 Å². The molecular formula is C12H12BrN3O3. The highest BCUT2D eigenvalue weighted by molar-refractivity contribution is 9.10. The van der Waals surface area contributed by atoms with Crippen molar-refractivity contribution in [1.82, 2.24) is 15.5 Å². The van der Waals surface area contributed by atoms with Gasteiger partial charge in [-0.3, -0.25) is 0 Å². The van der Waals surface area contributed by atoms with Crippen molar-refractivity contribution < 1.29 is 14.0 Å². The number of ether oxygens (including phenoxy) is 2. The molecule has 0 aliphatic carbocycles. The monoisotopic (exact) mass is 325 g/mol. The van der Waals surface area contributed by atoms with Gasteiger partial charge < -0.3 is 19.3 Å². The second-order valence-electron chi connectivity index (χ2n) is 4.05. The standard InChI is InChI=1S/C12H12BrN3O3/c13-9-3-8(4-10-12(9)18-2-1-17-10)5-14-6-11-15-7-19-16-11/h3-4,7,14H,1-2,5-6H2. The molecule has 0 saturated heterocycles. The molecule has 3 rings (SSSR count).